The molecule has 5 atom stereocenters. The Labute approximate surface area is 238 Å². The molecule has 41 heavy (non-hydrogen) atoms. The Morgan fingerprint density at radius 3 is 2.39 bits per heavy atom. The third-order valence-corrected chi connectivity index (χ3v) is 9.17. The van der Waals surface area contributed by atoms with Gasteiger partial charge in [-0.05, 0) is 63.5 Å². The molecule has 6 N–H and O–H groups in total. The van der Waals surface area contributed by atoms with E-state index >= 15 is 0 Å². The molecule has 12 heteroatoms. The fourth-order valence-electron chi connectivity index (χ4n) is 7.31. The van der Waals surface area contributed by atoms with Gasteiger partial charge in [-0.1, -0.05) is 0 Å². The van der Waals surface area contributed by atoms with Gasteiger partial charge >= 0.3 is 0 Å². The fourth-order valence-corrected chi connectivity index (χ4v) is 7.31. The number of ether oxygens (including phenoxy) is 1. The van der Waals surface area contributed by atoms with Crippen molar-refractivity contribution in [3.05, 3.63) is 39.7 Å². The number of hydrogen-bond donors (Lipinski definition) is 5. The molecule has 1 aromatic rings. The number of rotatable bonds is 6. The minimum Gasteiger partial charge on any atom is -0.508 e. The van der Waals surface area contributed by atoms with Gasteiger partial charge < -0.3 is 35.8 Å². The van der Waals surface area contributed by atoms with Gasteiger partial charge in [0.25, 0.3) is 5.91 Å². The van der Waals surface area contributed by atoms with Gasteiger partial charge in [-0.15, -0.1) is 0 Å². The Balaban J connectivity index is 1.67. The summed E-state index contributed by atoms with van der Waals surface area (Å²) in [6, 6.07) is 0.684. The number of aromatic hydroxyl groups is 1. The smallest absolute Gasteiger partial charge is 0.255 e. The lowest BCUT2D eigenvalue weighted by Gasteiger charge is -2.50. The van der Waals surface area contributed by atoms with Gasteiger partial charge in [0, 0.05) is 50.5 Å². The standard InChI is InChI=1S/C29H38N4O8/c1-31(2)22-14(11-33(5)15-6-7-41-12-15)10-18(34)20-16(22)8-13-9-17-23(32(3)4)25(36)21(28(30)39)27(38)29(17,40)26(37)19(13)24(20)35/h10,13,15,17,23,34-35,38,40H,6-9,11-12H2,1-5H3,(H2,30,39)/t13-,15+,17-,23-,29-/m0/s1. The topological polar surface area (TPSA) is 177 Å². The summed E-state index contributed by atoms with van der Waals surface area (Å²) in [4.78, 5) is 45.0. The number of phenols is 1. The number of phenolic OH excluding ortho intramolecular Hbond substituents is 1. The van der Waals surface area contributed by atoms with Crippen molar-refractivity contribution in [2.75, 3.05) is 53.4 Å². The molecule has 1 amide bonds. The molecule has 0 radical (unpaired) electrons. The Bertz CT molecular complexity index is 1390. The summed E-state index contributed by atoms with van der Waals surface area (Å²) in [6.07, 6.45) is 1.18. The van der Waals surface area contributed by atoms with Crippen molar-refractivity contribution in [1.82, 2.24) is 9.80 Å². The van der Waals surface area contributed by atoms with E-state index in [1.165, 1.54) is 4.90 Å². The van der Waals surface area contributed by atoms with Crippen molar-refractivity contribution < 1.29 is 39.5 Å². The third-order valence-electron chi connectivity index (χ3n) is 9.17. The first-order chi connectivity index (χ1) is 19.2. The molecule has 0 spiro atoms. The van der Waals surface area contributed by atoms with E-state index in [0.717, 1.165) is 17.7 Å². The van der Waals surface area contributed by atoms with Gasteiger partial charge in [0.2, 0.25) is 5.78 Å². The van der Waals surface area contributed by atoms with Crippen molar-refractivity contribution in [3.8, 4) is 5.75 Å². The number of hydrogen-bond acceptors (Lipinski definition) is 11. The molecule has 4 aliphatic rings. The highest BCUT2D eigenvalue weighted by Crippen LogP contribution is 2.54. The van der Waals surface area contributed by atoms with Crippen LogP contribution in [0, 0.1) is 11.8 Å². The Hall–Kier alpha value is -3.45. The summed E-state index contributed by atoms with van der Waals surface area (Å²) in [5.74, 6) is -6.61. The van der Waals surface area contributed by atoms with Crippen LogP contribution >= 0.6 is 0 Å². The fraction of sp³-hybridized carbons (Fsp3) is 0.552. The minimum atomic E-state index is -2.66. The van der Waals surface area contributed by atoms with Gasteiger partial charge in [-0.25, -0.2) is 0 Å². The molecular weight excluding hydrogens is 532 g/mol. The zero-order chi connectivity index (χ0) is 30.1. The predicted octanol–water partition coefficient (Wildman–Crippen LogP) is 0.251. The number of anilines is 1. The predicted molar refractivity (Wildman–Crippen MR) is 149 cm³/mol. The number of amides is 1. The molecule has 1 aliphatic heterocycles. The number of carbonyl (C=O) groups excluding carboxylic acids is 3. The number of fused-ring (bicyclic) bond motifs is 3. The zero-order valence-corrected chi connectivity index (χ0v) is 24.0. The first-order valence-corrected chi connectivity index (χ1v) is 13.7. The van der Waals surface area contributed by atoms with Crippen LogP contribution in [0.25, 0.3) is 5.76 Å². The van der Waals surface area contributed by atoms with Gasteiger partial charge in [-0.3, -0.25) is 24.2 Å². The second-order valence-corrected chi connectivity index (χ2v) is 12.0. The first kappa shape index (κ1) is 29.1. The highest BCUT2D eigenvalue weighted by Gasteiger charge is 2.64. The molecule has 3 aliphatic carbocycles. The average Bonchev–Trinajstić information content (AvgIpc) is 3.41. The second kappa shape index (κ2) is 10.1. The van der Waals surface area contributed by atoms with E-state index in [9.17, 15) is 34.8 Å². The number of nitrogens with two attached hydrogens (primary N) is 1. The van der Waals surface area contributed by atoms with Gasteiger partial charge in [0.1, 0.15) is 22.8 Å². The number of nitrogens with zero attached hydrogens (tertiary/aromatic N) is 3. The van der Waals surface area contributed by atoms with Crippen LogP contribution in [0.2, 0.25) is 0 Å². The zero-order valence-electron chi connectivity index (χ0n) is 24.0. The quantitative estimate of drug-likeness (QED) is 0.296. The van der Waals surface area contributed by atoms with Crippen molar-refractivity contribution >= 4 is 28.9 Å². The molecule has 1 saturated carbocycles. The number of benzene rings is 1. The first-order valence-electron chi connectivity index (χ1n) is 13.7. The van der Waals surface area contributed by atoms with Gasteiger partial charge in [-0.2, -0.15) is 0 Å². The van der Waals surface area contributed by atoms with Crippen LogP contribution in [-0.4, -0.2) is 114 Å². The summed E-state index contributed by atoms with van der Waals surface area (Å²) in [5.41, 5.74) is 4.10. The average molecular weight is 571 g/mol. The number of aliphatic hydroxyl groups excluding tert-OH is 2. The summed E-state index contributed by atoms with van der Waals surface area (Å²) >= 11 is 0. The minimum absolute atomic E-state index is 0.0446. The molecule has 1 saturated heterocycles. The van der Waals surface area contributed by atoms with Crippen molar-refractivity contribution in [2.24, 2.45) is 17.6 Å². The Morgan fingerprint density at radius 1 is 1.15 bits per heavy atom. The number of Topliss-reactive ketones (excluding diaryl/α,β-unsaturated/α-hetero) is 2. The number of likely N-dealkylation sites (N-methyl/N-ethyl adjacent to an activating group) is 2. The molecular formula is C29H38N4O8. The Kier molecular flexibility index (Phi) is 7.17. The van der Waals surface area contributed by atoms with Gasteiger partial charge in [0.05, 0.1) is 18.2 Å². The monoisotopic (exact) mass is 570 g/mol. The van der Waals surface area contributed by atoms with Crippen LogP contribution in [0.3, 0.4) is 0 Å². The lowest BCUT2D eigenvalue weighted by molar-refractivity contribution is -0.153. The van der Waals surface area contributed by atoms with E-state index in [4.69, 9.17) is 10.5 Å². The maximum atomic E-state index is 14.0. The summed E-state index contributed by atoms with van der Waals surface area (Å²) in [7, 11) is 8.88. The van der Waals surface area contributed by atoms with E-state index in [2.05, 4.69) is 4.90 Å². The lowest BCUT2D eigenvalue weighted by atomic mass is 9.57. The molecule has 222 valence electrons. The maximum absolute atomic E-state index is 14.0. The highest BCUT2D eigenvalue weighted by molar-refractivity contribution is 6.24. The third kappa shape index (κ3) is 4.23. The van der Waals surface area contributed by atoms with Crippen LogP contribution in [0.1, 0.15) is 29.5 Å². The van der Waals surface area contributed by atoms with Crippen molar-refractivity contribution in [3.63, 3.8) is 0 Å². The van der Waals surface area contributed by atoms with E-state index < -0.39 is 58.0 Å². The lowest BCUT2D eigenvalue weighted by Crippen LogP contribution is -2.65. The number of ketones is 2. The number of aliphatic hydroxyl groups is 3. The molecule has 2 fully saturated rings. The van der Waals surface area contributed by atoms with Gasteiger partial charge in [0.15, 0.2) is 11.4 Å². The molecule has 5 rings (SSSR count). The van der Waals surface area contributed by atoms with E-state index in [1.807, 2.05) is 26.0 Å². The SMILES string of the molecule is CN(C)c1c(CN(C)[C@@H]2CCOC2)cc(O)c2c1C[C@H]1C[C@H]3[C@H](N(C)C)C(=O)C(C(N)=O)=C(O)[C@@]3(O)C(=O)C1=C2O. The summed E-state index contributed by atoms with van der Waals surface area (Å²) < 4.78 is 5.54. The van der Waals surface area contributed by atoms with Crippen LogP contribution in [0.4, 0.5) is 5.69 Å². The second-order valence-electron chi connectivity index (χ2n) is 12.0. The Morgan fingerprint density at radius 2 is 1.83 bits per heavy atom. The van der Waals surface area contributed by atoms with Crippen molar-refractivity contribution in [2.45, 2.75) is 43.5 Å². The number of carbonyl (C=O) groups is 3. The van der Waals surface area contributed by atoms with E-state index in [0.29, 0.717) is 25.3 Å². The van der Waals surface area contributed by atoms with Crippen LogP contribution < -0.4 is 10.6 Å². The largest absolute Gasteiger partial charge is 0.508 e. The van der Waals surface area contributed by atoms with Crippen molar-refractivity contribution in [1.29, 1.82) is 0 Å². The van der Waals surface area contributed by atoms with Crippen LogP contribution in [-0.2, 0) is 32.1 Å². The maximum Gasteiger partial charge on any atom is 0.255 e. The summed E-state index contributed by atoms with van der Waals surface area (Å²) in [6.45, 7) is 1.83. The molecule has 0 bridgehead atoms. The molecule has 0 aromatic heterocycles. The van der Waals surface area contributed by atoms with E-state index in [-0.39, 0.29) is 35.8 Å². The highest BCUT2D eigenvalue weighted by atomic mass is 16.5. The normalized spacial score (nSPS) is 29.7. The molecule has 12 nitrogen and oxygen atoms in total. The molecule has 1 heterocycles. The molecule has 1 aromatic carbocycles. The van der Waals surface area contributed by atoms with Crippen LogP contribution in [0.5, 0.6) is 5.75 Å². The number of primary amides is 1. The van der Waals surface area contributed by atoms with Crippen LogP contribution in [0.15, 0.2) is 23.0 Å². The van der Waals surface area contributed by atoms with E-state index in [1.54, 1.807) is 20.2 Å². The molecule has 0 unspecified atom stereocenters. The summed E-state index contributed by atoms with van der Waals surface area (Å²) in [5, 5.41) is 45.5.